The standard InChI is InChI=1S/C12H14N6/c1-8(2)15-12-16-11(14)18(17-12)10-5-3-9(7-13)4-6-10/h3-6,8H,1-2H3,(H3,14,15,16,17). The van der Waals surface area contributed by atoms with Crippen LogP contribution in [0.2, 0.25) is 0 Å². The van der Waals surface area contributed by atoms with Crippen LogP contribution in [-0.4, -0.2) is 20.8 Å². The molecule has 0 spiro atoms. The van der Waals surface area contributed by atoms with Gasteiger partial charge in [-0.3, -0.25) is 0 Å². The van der Waals surface area contributed by atoms with Crippen molar-refractivity contribution in [2.45, 2.75) is 19.9 Å². The van der Waals surface area contributed by atoms with Gasteiger partial charge in [0.05, 0.1) is 17.3 Å². The van der Waals surface area contributed by atoms with Crippen LogP contribution in [0.1, 0.15) is 19.4 Å². The summed E-state index contributed by atoms with van der Waals surface area (Å²) >= 11 is 0. The van der Waals surface area contributed by atoms with Gasteiger partial charge in [0.15, 0.2) is 0 Å². The Hall–Kier alpha value is -2.55. The van der Waals surface area contributed by atoms with Gasteiger partial charge in [-0.25, -0.2) is 0 Å². The molecule has 2 aromatic rings. The van der Waals surface area contributed by atoms with Gasteiger partial charge < -0.3 is 11.1 Å². The Bertz CT molecular complexity index is 576. The molecule has 6 nitrogen and oxygen atoms in total. The first-order valence-corrected chi connectivity index (χ1v) is 5.60. The largest absolute Gasteiger partial charge is 0.368 e. The number of nitrogens with one attached hydrogen (secondary N) is 1. The molecule has 0 saturated carbocycles. The SMILES string of the molecule is CC(C)Nc1nc(N)n(-c2ccc(C#N)cc2)n1. The number of hydrogen-bond acceptors (Lipinski definition) is 5. The van der Waals surface area contributed by atoms with Gasteiger partial charge in [0.1, 0.15) is 0 Å². The highest BCUT2D eigenvalue weighted by molar-refractivity contribution is 5.44. The van der Waals surface area contributed by atoms with Crippen LogP contribution in [0, 0.1) is 11.3 Å². The predicted octanol–water partition coefficient (Wildman–Crippen LogP) is 1.54. The third-order valence-electron chi connectivity index (χ3n) is 2.29. The van der Waals surface area contributed by atoms with Crippen molar-refractivity contribution in [1.29, 1.82) is 5.26 Å². The minimum atomic E-state index is 0.237. The minimum Gasteiger partial charge on any atom is -0.368 e. The van der Waals surface area contributed by atoms with Crippen molar-refractivity contribution in [3.63, 3.8) is 0 Å². The highest BCUT2D eigenvalue weighted by Crippen LogP contribution is 2.14. The van der Waals surface area contributed by atoms with E-state index in [4.69, 9.17) is 11.0 Å². The second kappa shape index (κ2) is 4.75. The molecule has 6 heteroatoms. The summed E-state index contributed by atoms with van der Waals surface area (Å²) < 4.78 is 1.53. The molecule has 1 aromatic heterocycles. The van der Waals surface area contributed by atoms with E-state index in [1.165, 1.54) is 4.68 Å². The van der Waals surface area contributed by atoms with Crippen molar-refractivity contribution in [3.8, 4) is 11.8 Å². The number of benzene rings is 1. The Morgan fingerprint density at radius 3 is 2.56 bits per heavy atom. The molecule has 0 fully saturated rings. The number of nitrogen functional groups attached to an aromatic ring is 1. The molecule has 0 amide bonds. The molecule has 0 atom stereocenters. The van der Waals surface area contributed by atoms with E-state index in [-0.39, 0.29) is 6.04 Å². The van der Waals surface area contributed by atoms with E-state index in [1.54, 1.807) is 24.3 Å². The third kappa shape index (κ3) is 2.40. The van der Waals surface area contributed by atoms with Crippen LogP contribution in [0.5, 0.6) is 0 Å². The van der Waals surface area contributed by atoms with Gasteiger partial charge in [0.2, 0.25) is 11.9 Å². The first-order chi connectivity index (χ1) is 8.60. The summed E-state index contributed by atoms with van der Waals surface area (Å²) in [5, 5.41) is 16.1. The molecule has 0 unspecified atom stereocenters. The fraction of sp³-hybridized carbons (Fsp3) is 0.250. The number of hydrogen-bond donors (Lipinski definition) is 2. The summed E-state index contributed by atoms with van der Waals surface area (Å²) in [4.78, 5) is 4.12. The van der Waals surface area contributed by atoms with E-state index >= 15 is 0 Å². The Kier molecular flexibility index (Phi) is 3.15. The van der Waals surface area contributed by atoms with E-state index in [9.17, 15) is 0 Å². The van der Waals surface area contributed by atoms with E-state index in [0.29, 0.717) is 17.5 Å². The quantitative estimate of drug-likeness (QED) is 0.851. The van der Waals surface area contributed by atoms with Gasteiger partial charge in [-0.15, -0.1) is 5.10 Å². The van der Waals surface area contributed by atoms with E-state index in [0.717, 1.165) is 5.69 Å². The van der Waals surface area contributed by atoms with Gasteiger partial charge in [0.25, 0.3) is 0 Å². The molecule has 0 bridgehead atoms. The van der Waals surface area contributed by atoms with Crippen molar-refractivity contribution in [3.05, 3.63) is 29.8 Å². The highest BCUT2D eigenvalue weighted by Gasteiger charge is 2.09. The van der Waals surface area contributed by atoms with Gasteiger partial charge in [-0.05, 0) is 38.1 Å². The van der Waals surface area contributed by atoms with Crippen LogP contribution in [0.25, 0.3) is 5.69 Å². The van der Waals surface area contributed by atoms with Crippen LogP contribution in [0.3, 0.4) is 0 Å². The molecule has 92 valence electrons. The van der Waals surface area contributed by atoms with Gasteiger partial charge in [0, 0.05) is 6.04 Å². The van der Waals surface area contributed by atoms with E-state index in [2.05, 4.69) is 21.5 Å². The average molecular weight is 242 g/mol. The Morgan fingerprint density at radius 2 is 2.00 bits per heavy atom. The van der Waals surface area contributed by atoms with Crippen LogP contribution in [0.4, 0.5) is 11.9 Å². The Morgan fingerprint density at radius 1 is 1.33 bits per heavy atom. The summed E-state index contributed by atoms with van der Waals surface area (Å²) in [6.45, 7) is 4.00. The maximum Gasteiger partial charge on any atom is 0.244 e. The molecule has 0 saturated heterocycles. The average Bonchev–Trinajstić information content (AvgIpc) is 2.69. The number of rotatable bonds is 3. The summed E-state index contributed by atoms with van der Waals surface area (Å²) in [5.74, 6) is 0.801. The summed E-state index contributed by atoms with van der Waals surface area (Å²) in [7, 11) is 0. The number of aromatic nitrogens is 3. The van der Waals surface area contributed by atoms with Crippen LogP contribution >= 0.6 is 0 Å². The zero-order valence-electron chi connectivity index (χ0n) is 10.3. The number of nitriles is 1. The molecule has 0 aliphatic carbocycles. The summed E-state index contributed by atoms with van der Waals surface area (Å²) in [5.41, 5.74) is 7.17. The Labute approximate surface area is 105 Å². The monoisotopic (exact) mass is 242 g/mol. The molecule has 0 radical (unpaired) electrons. The highest BCUT2D eigenvalue weighted by atomic mass is 15.4. The number of nitrogens with zero attached hydrogens (tertiary/aromatic N) is 4. The topological polar surface area (TPSA) is 92.5 Å². The Balaban J connectivity index is 2.32. The maximum absolute atomic E-state index is 8.74. The minimum absolute atomic E-state index is 0.237. The molecule has 2 rings (SSSR count). The van der Waals surface area contributed by atoms with Gasteiger partial charge >= 0.3 is 0 Å². The molecule has 1 heterocycles. The predicted molar refractivity (Wildman–Crippen MR) is 69.2 cm³/mol. The van der Waals surface area contributed by atoms with Crippen LogP contribution in [0.15, 0.2) is 24.3 Å². The van der Waals surface area contributed by atoms with Crippen molar-refractivity contribution < 1.29 is 0 Å². The molecule has 0 aliphatic heterocycles. The number of nitrogens with two attached hydrogens (primary N) is 1. The third-order valence-corrected chi connectivity index (χ3v) is 2.29. The molecule has 0 aliphatic rings. The van der Waals surface area contributed by atoms with Crippen molar-refractivity contribution >= 4 is 11.9 Å². The lowest BCUT2D eigenvalue weighted by Crippen LogP contribution is -2.11. The lowest BCUT2D eigenvalue weighted by molar-refractivity contribution is 0.849. The van der Waals surface area contributed by atoms with Crippen LogP contribution in [-0.2, 0) is 0 Å². The van der Waals surface area contributed by atoms with E-state index in [1.807, 2.05) is 13.8 Å². The maximum atomic E-state index is 8.74. The lowest BCUT2D eigenvalue weighted by Gasteiger charge is -2.04. The summed E-state index contributed by atoms with van der Waals surface area (Å²) in [6.07, 6.45) is 0. The first-order valence-electron chi connectivity index (χ1n) is 5.60. The fourth-order valence-electron chi connectivity index (χ4n) is 1.51. The normalized spacial score (nSPS) is 10.3. The molecule has 3 N–H and O–H groups in total. The second-order valence-electron chi connectivity index (χ2n) is 4.16. The van der Waals surface area contributed by atoms with Gasteiger partial charge in [-0.2, -0.15) is 14.9 Å². The smallest absolute Gasteiger partial charge is 0.244 e. The van der Waals surface area contributed by atoms with E-state index < -0.39 is 0 Å². The summed E-state index contributed by atoms with van der Waals surface area (Å²) in [6, 6.07) is 9.29. The number of anilines is 2. The lowest BCUT2D eigenvalue weighted by atomic mass is 10.2. The molecule has 1 aromatic carbocycles. The van der Waals surface area contributed by atoms with Crippen molar-refractivity contribution in [2.75, 3.05) is 11.1 Å². The zero-order chi connectivity index (χ0) is 13.1. The van der Waals surface area contributed by atoms with Crippen LogP contribution < -0.4 is 11.1 Å². The molecular formula is C12H14N6. The first kappa shape index (κ1) is 11.9. The van der Waals surface area contributed by atoms with Crippen molar-refractivity contribution in [2.24, 2.45) is 0 Å². The molecule has 18 heavy (non-hydrogen) atoms. The van der Waals surface area contributed by atoms with Crippen molar-refractivity contribution in [1.82, 2.24) is 14.8 Å². The zero-order valence-corrected chi connectivity index (χ0v) is 10.3. The fourth-order valence-corrected chi connectivity index (χ4v) is 1.51. The van der Waals surface area contributed by atoms with Gasteiger partial charge in [-0.1, -0.05) is 0 Å². The molecular weight excluding hydrogens is 228 g/mol. The second-order valence-corrected chi connectivity index (χ2v) is 4.16.